The zero-order valence-electron chi connectivity index (χ0n) is 11.7. The van der Waals surface area contributed by atoms with E-state index in [1.807, 2.05) is 37.9 Å². The molecule has 0 unspecified atom stereocenters. The first kappa shape index (κ1) is 13.8. The van der Waals surface area contributed by atoms with Gasteiger partial charge in [-0.2, -0.15) is 5.10 Å². The van der Waals surface area contributed by atoms with Crippen LogP contribution >= 0.6 is 0 Å². The summed E-state index contributed by atoms with van der Waals surface area (Å²) < 4.78 is 0. The Balaban J connectivity index is 2.51. The van der Waals surface area contributed by atoms with Crippen LogP contribution in [0.25, 0.3) is 0 Å². The van der Waals surface area contributed by atoms with E-state index >= 15 is 0 Å². The first-order valence-corrected chi connectivity index (χ1v) is 6.15. The maximum Gasteiger partial charge on any atom is 0.173 e. The topological polar surface area (TPSA) is 87.6 Å². The lowest BCUT2D eigenvalue weighted by Gasteiger charge is -2.22. The summed E-state index contributed by atoms with van der Waals surface area (Å²) in [6.45, 7) is 4.07. The highest BCUT2D eigenvalue weighted by Gasteiger charge is 2.15. The van der Waals surface area contributed by atoms with Crippen LogP contribution in [0.1, 0.15) is 16.7 Å². The molecular formula is C14H17N5O. The van der Waals surface area contributed by atoms with E-state index in [1.54, 1.807) is 6.07 Å². The molecule has 0 radical (unpaired) electrons. The molecule has 1 aromatic carbocycles. The average molecular weight is 271 g/mol. The Hall–Kier alpha value is -2.63. The van der Waals surface area contributed by atoms with Crippen LogP contribution in [0.3, 0.4) is 0 Å². The quantitative estimate of drug-likeness (QED) is 0.385. The molecular weight excluding hydrogens is 254 g/mol. The van der Waals surface area contributed by atoms with Crippen molar-refractivity contribution in [3.63, 3.8) is 0 Å². The van der Waals surface area contributed by atoms with Crippen LogP contribution in [0.15, 0.2) is 35.6 Å². The molecule has 1 heterocycles. The first-order chi connectivity index (χ1) is 9.54. The van der Waals surface area contributed by atoms with E-state index < -0.39 is 0 Å². The van der Waals surface area contributed by atoms with Crippen molar-refractivity contribution >= 4 is 17.3 Å². The number of aryl methyl sites for hydroxylation is 2. The van der Waals surface area contributed by atoms with E-state index in [2.05, 4.69) is 21.4 Å². The van der Waals surface area contributed by atoms with Gasteiger partial charge in [-0.15, -0.1) is 5.10 Å². The third-order valence-electron chi connectivity index (χ3n) is 3.12. The van der Waals surface area contributed by atoms with Crippen LogP contribution in [0, 0.1) is 13.8 Å². The van der Waals surface area contributed by atoms with Crippen molar-refractivity contribution in [1.29, 1.82) is 0 Å². The largest absolute Gasteiger partial charge is 0.409 e. The van der Waals surface area contributed by atoms with Crippen LogP contribution in [0.4, 0.5) is 11.5 Å². The third kappa shape index (κ3) is 2.54. The fraction of sp³-hybridized carbons (Fsp3) is 0.214. The maximum absolute atomic E-state index is 8.85. The molecule has 0 spiro atoms. The lowest BCUT2D eigenvalue weighted by atomic mass is 10.1. The predicted octanol–water partition coefficient (Wildman–Crippen LogP) is 1.96. The molecule has 104 valence electrons. The third-order valence-corrected chi connectivity index (χ3v) is 3.12. The molecule has 0 saturated carbocycles. The SMILES string of the molecule is Cc1ccc(N(C)c2nnccc2/C(N)=N/O)c(C)c1. The number of nitrogens with zero attached hydrogens (tertiary/aromatic N) is 4. The predicted molar refractivity (Wildman–Crippen MR) is 78.5 cm³/mol. The van der Waals surface area contributed by atoms with Crippen molar-refractivity contribution in [2.45, 2.75) is 13.8 Å². The Bertz CT molecular complexity index is 654. The molecule has 2 rings (SSSR count). The minimum absolute atomic E-state index is 0.00603. The van der Waals surface area contributed by atoms with Gasteiger partial charge in [0.2, 0.25) is 0 Å². The molecule has 1 aromatic heterocycles. The Kier molecular flexibility index (Phi) is 3.84. The molecule has 6 nitrogen and oxygen atoms in total. The van der Waals surface area contributed by atoms with Gasteiger partial charge in [-0.3, -0.25) is 0 Å². The second-order valence-corrected chi connectivity index (χ2v) is 4.60. The lowest BCUT2D eigenvalue weighted by molar-refractivity contribution is 0.318. The molecule has 20 heavy (non-hydrogen) atoms. The van der Waals surface area contributed by atoms with Gasteiger partial charge in [0.05, 0.1) is 11.8 Å². The highest BCUT2D eigenvalue weighted by Crippen LogP contribution is 2.27. The van der Waals surface area contributed by atoms with Crippen LogP contribution in [-0.4, -0.2) is 28.3 Å². The molecule has 0 atom stereocenters. The zero-order chi connectivity index (χ0) is 14.7. The number of oxime groups is 1. The molecule has 0 saturated heterocycles. The summed E-state index contributed by atoms with van der Waals surface area (Å²) in [4.78, 5) is 1.87. The first-order valence-electron chi connectivity index (χ1n) is 6.15. The second-order valence-electron chi connectivity index (χ2n) is 4.60. The minimum Gasteiger partial charge on any atom is -0.409 e. The van der Waals surface area contributed by atoms with Crippen molar-refractivity contribution in [2.75, 3.05) is 11.9 Å². The number of nitrogens with two attached hydrogens (primary N) is 1. The van der Waals surface area contributed by atoms with Gasteiger partial charge in [0.15, 0.2) is 11.7 Å². The fourth-order valence-electron chi connectivity index (χ4n) is 2.12. The van der Waals surface area contributed by atoms with E-state index in [-0.39, 0.29) is 5.84 Å². The fourth-order valence-corrected chi connectivity index (χ4v) is 2.12. The molecule has 0 aliphatic heterocycles. The summed E-state index contributed by atoms with van der Waals surface area (Å²) in [5.74, 6) is 0.543. The zero-order valence-corrected chi connectivity index (χ0v) is 11.7. The Morgan fingerprint density at radius 1 is 1.30 bits per heavy atom. The summed E-state index contributed by atoms with van der Waals surface area (Å²) in [5.41, 5.74) is 9.50. The average Bonchev–Trinajstić information content (AvgIpc) is 2.46. The highest BCUT2D eigenvalue weighted by atomic mass is 16.4. The monoisotopic (exact) mass is 271 g/mol. The molecule has 0 fully saturated rings. The van der Waals surface area contributed by atoms with Gasteiger partial charge < -0.3 is 15.8 Å². The normalized spacial score (nSPS) is 11.4. The second kappa shape index (κ2) is 5.56. The van der Waals surface area contributed by atoms with Crippen LogP contribution in [-0.2, 0) is 0 Å². The van der Waals surface area contributed by atoms with Crippen molar-refractivity contribution in [2.24, 2.45) is 10.9 Å². The van der Waals surface area contributed by atoms with Crippen molar-refractivity contribution in [3.8, 4) is 0 Å². The van der Waals surface area contributed by atoms with Gasteiger partial charge >= 0.3 is 0 Å². The van der Waals surface area contributed by atoms with Gasteiger partial charge in [-0.25, -0.2) is 0 Å². The van der Waals surface area contributed by atoms with Crippen molar-refractivity contribution < 1.29 is 5.21 Å². The lowest BCUT2D eigenvalue weighted by Crippen LogP contribution is -2.21. The summed E-state index contributed by atoms with van der Waals surface area (Å²) in [6.07, 6.45) is 1.51. The standard InChI is InChI=1S/C14H17N5O/c1-9-4-5-12(10(2)8-9)19(3)14-11(13(15)18-20)6-7-16-17-14/h4-8,20H,1-3H3,(H2,15,18). The number of rotatable bonds is 3. The van der Waals surface area contributed by atoms with Gasteiger partial charge in [0, 0.05) is 12.7 Å². The van der Waals surface area contributed by atoms with Gasteiger partial charge in [0.25, 0.3) is 0 Å². The van der Waals surface area contributed by atoms with Gasteiger partial charge in [-0.1, -0.05) is 22.9 Å². The highest BCUT2D eigenvalue weighted by molar-refractivity contribution is 6.01. The van der Waals surface area contributed by atoms with Crippen LogP contribution in [0.5, 0.6) is 0 Å². The molecule has 2 aromatic rings. The Labute approximate surface area is 117 Å². The molecule has 0 aliphatic carbocycles. The summed E-state index contributed by atoms with van der Waals surface area (Å²) in [7, 11) is 1.87. The number of aromatic nitrogens is 2. The molecule has 0 amide bonds. The van der Waals surface area contributed by atoms with Crippen molar-refractivity contribution in [1.82, 2.24) is 10.2 Å². The van der Waals surface area contributed by atoms with E-state index in [1.165, 1.54) is 11.8 Å². The Morgan fingerprint density at radius 3 is 2.70 bits per heavy atom. The van der Waals surface area contributed by atoms with Crippen LogP contribution < -0.4 is 10.6 Å². The van der Waals surface area contributed by atoms with E-state index in [0.29, 0.717) is 11.4 Å². The van der Waals surface area contributed by atoms with Gasteiger partial charge in [0.1, 0.15) is 0 Å². The number of hydrogen-bond donors (Lipinski definition) is 2. The smallest absolute Gasteiger partial charge is 0.173 e. The molecule has 0 bridgehead atoms. The van der Waals surface area contributed by atoms with E-state index in [9.17, 15) is 0 Å². The maximum atomic E-state index is 8.85. The minimum atomic E-state index is 0.00603. The van der Waals surface area contributed by atoms with E-state index in [0.717, 1.165) is 11.3 Å². The Morgan fingerprint density at radius 2 is 2.05 bits per heavy atom. The number of benzene rings is 1. The summed E-state index contributed by atoms with van der Waals surface area (Å²) >= 11 is 0. The van der Waals surface area contributed by atoms with E-state index in [4.69, 9.17) is 10.9 Å². The van der Waals surface area contributed by atoms with Crippen LogP contribution in [0.2, 0.25) is 0 Å². The van der Waals surface area contributed by atoms with Crippen molar-refractivity contribution in [3.05, 3.63) is 47.2 Å². The van der Waals surface area contributed by atoms with Gasteiger partial charge in [-0.05, 0) is 31.5 Å². The molecule has 0 aliphatic rings. The number of anilines is 2. The number of hydrogen-bond acceptors (Lipinski definition) is 5. The molecule has 3 N–H and O–H groups in total. The molecule has 6 heteroatoms. The summed E-state index contributed by atoms with van der Waals surface area (Å²) in [6, 6.07) is 7.79. The summed E-state index contributed by atoms with van der Waals surface area (Å²) in [5, 5.41) is 19.8. The number of amidine groups is 1.